The first-order valence-corrected chi connectivity index (χ1v) is 5.42. The van der Waals surface area contributed by atoms with E-state index in [9.17, 15) is 4.39 Å². The topological polar surface area (TPSA) is 24.1 Å². The van der Waals surface area contributed by atoms with E-state index in [1.807, 2.05) is 19.2 Å². The first-order chi connectivity index (χ1) is 7.27. The van der Waals surface area contributed by atoms with Crippen LogP contribution in [-0.4, -0.2) is 20.1 Å². The zero-order chi connectivity index (χ0) is 10.7. The van der Waals surface area contributed by atoms with Gasteiger partial charge in [-0.1, -0.05) is 12.1 Å². The lowest BCUT2D eigenvalue weighted by Gasteiger charge is -2.38. The summed E-state index contributed by atoms with van der Waals surface area (Å²) in [5, 5.41) is 6.73. The van der Waals surface area contributed by atoms with Crippen molar-refractivity contribution in [3.63, 3.8) is 0 Å². The van der Waals surface area contributed by atoms with E-state index in [2.05, 4.69) is 10.6 Å². The van der Waals surface area contributed by atoms with Gasteiger partial charge in [0.25, 0.3) is 0 Å². The lowest BCUT2D eigenvalue weighted by Crippen LogP contribution is -2.48. The number of halogens is 1. The van der Waals surface area contributed by atoms with E-state index in [1.165, 1.54) is 17.7 Å². The molecule has 0 bridgehead atoms. The second-order valence-electron chi connectivity index (χ2n) is 4.09. The molecular weight excluding hydrogens is 191 g/mol. The summed E-state index contributed by atoms with van der Waals surface area (Å²) >= 11 is 0. The van der Waals surface area contributed by atoms with Gasteiger partial charge in [-0.3, -0.25) is 0 Å². The van der Waals surface area contributed by atoms with Crippen molar-refractivity contribution in [1.82, 2.24) is 10.6 Å². The smallest absolute Gasteiger partial charge is 0.123 e. The molecule has 1 aliphatic heterocycles. The van der Waals surface area contributed by atoms with Crippen LogP contribution in [0.3, 0.4) is 0 Å². The maximum atomic E-state index is 12.8. The van der Waals surface area contributed by atoms with Crippen molar-refractivity contribution in [2.24, 2.45) is 0 Å². The van der Waals surface area contributed by atoms with Crippen molar-refractivity contribution in [3.05, 3.63) is 35.6 Å². The molecule has 0 aliphatic carbocycles. The molecule has 0 saturated carbocycles. The van der Waals surface area contributed by atoms with Crippen LogP contribution in [0.1, 0.15) is 18.4 Å². The molecule has 0 amide bonds. The van der Waals surface area contributed by atoms with Crippen LogP contribution >= 0.6 is 0 Å². The van der Waals surface area contributed by atoms with E-state index in [1.54, 1.807) is 0 Å². The molecule has 2 rings (SSSR count). The second kappa shape index (κ2) is 4.29. The highest BCUT2D eigenvalue weighted by atomic mass is 19.1. The third-order valence-corrected chi connectivity index (χ3v) is 3.33. The van der Waals surface area contributed by atoms with Crippen molar-refractivity contribution < 1.29 is 4.39 Å². The summed E-state index contributed by atoms with van der Waals surface area (Å²) in [5.41, 5.74) is 1.21. The van der Waals surface area contributed by atoms with Crippen molar-refractivity contribution in [2.45, 2.75) is 18.4 Å². The molecule has 15 heavy (non-hydrogen) atoms. The molecule has 2 nitrogen and oxygen atoms in total. The average Bonchev–Trinajstić information content (AvgIpc) is 2.31. The van der Waals surface area contributed by atoms with Crippen LogP contribution in [0, 0.1) is 5.82 Å². The summed E-state index contributed by atoms with van der Waals surface area (Å²) in [7, 11) is 1.98. The third-order valence-electron chi connectivity index (χ3n) is 3.33. The first kappa shape index (κ1) is 10.6. The molecule has 0 aromatic heterocycles. The van der Waals surface area contributed by atoms with Crippen LogP contribution in [-0.2, 0) is 5.54 Å². The van der Waals surface area contributed by atoms with E-state index in [4.69, 9.17) is 0 Å². The number of hydrogen-bond acceptors (Lipinski definition) is 2. The Hall–Kier alpha value is -0.930. The van der Waals surface area contributed by atoms with Gasteiger partial charge in [0.1, 0.15) is 5.82 Å². The van der Waals surface area contributed by atoms with Crippen molar-refractivity contribution in [3.8, 4) is 0 Å². The molecule has 1 fully saturated rings. The fourth-order valence-corrected chi connectivity index (χ4v) is 2.31. The molecule has 1 aromatic carbocycles. The number of benzene rings is 1. The lowest BCUT2D eigenvalue weighted by atomic mass is 9.81. The predicted molar refractivity (Wildman–Crippen MR) is 59.2 cm³/mol. The minimum atomic E-state index is -0.168. The maximum Gasteiger partial charge on any atom is 0.123 e. The van der Waals surface area contributed by atoms with Gasteiger partial charge in [0.05, 0.1) is 0 Å². The fourth-order valence-electron chi connectivity index (χ4n) is 2.31. The molecule has 0 atom stereocenters. The Bertz CT molecular complexity index is 315. The summed E-state index contributed by atoms with van der Waals surface area (Å²) in [6, 6.07) is 6.85. The highest BCUT2D eigenvalue weighted by Crippen LogP contribution is 2.30. The summed E-state index contributed by atoms with van der Waals surface area (Å²) in [4.78, 5) is 0. The van der Waals surface area contributed by atoms with Gasteiger partial charge in [-0.15, -0.1) is 0 Å². The number of nitrogens with one attached hydrogen (secondary N) is 2. The van der Waals surface area contributed by atoms with Gasteiger partial charge in [0.15, 0.2) is 0 Å². The minimum absolute atomic E-state index is 0.0267. The Morgan fingerprint density at radius 2 is 1.80 bits per heavy atom. The van der Waals surface area contributed by atoms with Crippen LogP contribution in [0.25, 0.3) is 0 Å². The van der Waals surface area contributed by atoms with Gasteiger partial charge in [0, 0.05) is 5.54 Å². The Labute approximate surface area is 89.9 Å². The van der Waals surface area contributed by atoms with Crippen LogP contribution in [0.15, 0.2) is 24.3 Å². The van der Waals surface area contributed by atoms with Crippen molar-refractivity contribution >= 4 is 0 Å². The van der Waals surface area contributed by atoms with E-state index in [-0.39, 0.29) is 11.4 Å². The van der Waals surface area contributed by atoms with Gasteiger partial charge in [-0.25, -0.2) is 4.39 Å². The molecule has 0 radical (unpaired) electrons. The quantitative estimate of drug-likeness (QED) is 0.772. The molecule has 3 heteroatoms. The molecule has 0 unspecified atom stereocenters. The molecule has 1 heterocycles. The van der Waals surface area contributed by atoms with Crippen molar-refractivity contribution in [1.29, 1.82) is 0 Å². The maximum absolute atomic E-state index is 12.8. The van der Waals surface area contributed by atoms with E-state index in [0.717, 1.165) is 25.9 Å². The fraction of sp³-hybridized carbons (Fsp3) is 0.500. The highest BCUT2D eigenvalue weighted by Gasteiger charge is 2.31. The lowest BCUT2D eigenvalue weighted by molar-refractivity contribution is 0.263. The second-order valence-corrected chi connectivity index (χ2v) is 4.09. The zero-order valence-corrected chi connectivity index (χ0v) is 9.02. The SMILES string of the molecule is CNC1(c2ccc(F)cc2)CCNCC1. The molecule has 1 saturated heterocycles. The Kier molecular flexibility index (Phi) is 3.03. The summed E-state index contributed by atoms with van der Waals surface area (Å²) in [6.45, 7) is 2.02. The Morgan fingerprint density at radius 3 is 2.33 bits per heavy atom. The van der Waals surface area contributed by atoms with Gasteiger partial charge in [-0.2, -0.15) is 0 Å². The van der Waals surface area contributed by atoms with Gasteiger partial charge in [-0.05, 0) is 50.7 Å². The average molecular weight is 208 g/mol. The van der Waals surface area contributed by atoms with Gasteiger partial charge in [0.2, 0.25) is 0 Å². The third kappa shape index (κ3) is 2.03. The van der Waals surface area contributed by atoms with Gasteiger partial charge >= 0.3 is 0 Å². The monoisotopic (exact) mass is 208 g/mol. The van der Waals surface area contributed by atoms with Crippen molar-refractivity contribution in [2.75, 3.05) is 20.1 Å². The Morgan fingerprint density at radius 1 is 1.20 bits per heavy atom. The zero-order valence-electron chi connectivity index (χ0n) is 9.02. The van der Waals surface area contributed by atoms with Gasteiger partial charge < -0.3 is 10.6 Å². The van der Waals surface area contributed by atoms with Crippen LogP contribution < -0.4 is 10.6 Å². The number of hydrogen-bond donors (Lipinski definition) is 2. The summed E-state index contributed by atoms with van der Waals surface area (Å²) in [5.74, 6) is -0.168. The highest BCUT2D eigenvalue weighted by molar-refractivity contribution is 5.25. The minimum Gasteiger partial charge on any atom is -0.317 e. The summed E-state index contributed by atoms with van der Waals surface area (Å²) < 4.78 is 12.8. The first-order valence-electron chi connectivity index (χ1n) is 5.42. The van der Waals surface area contributed by atoms with E-state index >= 15 is 0 Å². The Balaban J connectivity index is 2.28. The molecular formula is C12H17FN2. The molecule has 2 N–H and O–H groups in total. The van der Waals surface area contributed by atoms with Crippen LogP contribution in [0.5, 0.6) is 0 Å². The van der Waals surface area contributed by atoms with E-state index < -0.39 is 0 Å². The van der Waals surface area contributed by atoms with Crippen LogP contribution in [0.2, 0.25) is 0 Å². The van der Waals surface area contributed by atoms with Crippen LogP contribution in [0.4, 0.5) is 4.39 Å². The summed E-state index contributed by atoms with van der Waals surface area (Å²) in [6.07, 6.45) is 2.10. The molecule has 1 aromatic rings. The largest absolute Gasteiger partial charge is 0.317 e. The molecule has 0 spiro atoms. The normalized spacial score (nSPS) is 20.1. The predicted octanol–water partition coefficient (Wildman–Crippen LogP) is 1.62. The number of piperidine rings is 1. The van der Waals surface area contributed by atoms with E-state index in [0.29, 0.717) is 0 Å². The molecule has 82 valence electrons. The molecule has 1 aliphatic rings. The number of rotatable bonds is 2. The standard InChI is InChI=1S/C12H17FN2/c1-14-12(6-8-15-9-7-12)10-2-4-11(13)5-3-10/h2-5,14-15H,6-9H2,1H3.